The number of carbonyl (C=O) groups is 2. The van der Waals surface area contributed by atoms with Crippen LogP contribution in [0.1, 0.15) is 38.2 Å². The number of amides is 1. The van der Waals surface area contributed by atoms with Crippen molar-refractivity contribution in [3.63, 3.8) is 0 Å². The fourth-order valence-electron chi connectivity index (χ4n) is 2.92. The number of carboxylic acids is 1. The van der Waals surface area contributed by atoms with Crippen LogP contribution in [-0.2, 0) is 16.0 Å². The lowest BCUT2D eigenvalue weighted by atomic mass is 9.95. The van der Waals surface area contributed by atoms with Gasteiger partial charge in [-0.25, -0.2) is 0 Å². The van der Waals surface area contributed by atoms with Crippen molar-refractivity contribution in [2.45, 2.75) is 39.0 Å². The first-order valence-corrected chi connectivity index (χ1v) is 7.25. The SMILES string of the molecule is CCCc1ccccc1NC(=O)[C@@H]1CCC[C@@H]1C(=O)O. The van der Waals surface area contributed by atoms with Crippen LogP contribution in [0.2, 0.25) is 0 Å². The third-order valence-electron chi connectivity index (χ3n) is 3.96. The molecule has 0 saturated heterocycles. The largest absolute Gasteiger partial charge is 0.481 e. The molecule has 1 aromatic rings. The normalized spacial score (nSPS) is 21.6. The zero-order valence-electron chi connectivity index (χ0n) is 11.8. The molecule has 0 radical (unpaired) electrons. The van der Waals surface area contributed by atoms with Gasteiger partial charge in [-0.3, -0.25) is 9.59 Å². The van der Waals surface area contributed by atoms with Crippen LogP contribution in [0.3, 0.4) is 0 Å². The zero-order valence-corrected chi connectivity index (χ0v) is 11.8. The molecule has 2 atom stereocenters. The smallest absolute Gasteiger partial charge is 0.307 e. The van der Waals surface area contributed by atoms with E-state index in [-0.39, 0.29) is 5.91 Å². The van der Waals surface area contributed by atoms with Gasteiger partial charge in [0.1, 0.15) is 0 Å². The summed E-state index contributed by atoms with van der Waals surface area (Å²) in [5, 5.41) is 12.1. The molecule has 1 aromatic carbocycles. The molecule has 0 bridgehead atoms. The van der Waals surface area contributed by atoms with Gasteiger partial charge in [0, 0.05) is 5.69 Å². The molecule has 0 spiro atoms. The lowest BCUT2D eigenvalue weighted by Crippen LogP contribution is -2.30. The van der Waals surface area contributed by atoms with Gasteiger partial charge in [-0.2, -0.15) is 0 Å². The summed E-state index contributed by atoms with van der Waals surface area (Å²) >= 11 is 0. The quantitative estimate of drug-likeness (QED) is 0.867. The molecule has 4 nitrogen and oxygen atoms in total. The van der Waals surface area contributed by atoms with E-state index in [2.05, 4.69) is 12.2 Å². The molecule has 108 valence electrons. The molecular formula is C16H21NO3. The van der Waals surface area contributed by atoms with Crippen molar-refractivity contribution in [2.24, 2.45) is 11.8 Å². The average molecular weight is 275 g/mol. The molecule has 0 aliphatic heterocycles. The summed E-state index contributed by atoms with van der Waals surface area (Å²) in [6, 6.07) is 7.73. The second-order valence-corrected chi connectivity index (χ2v) is 5.38. The minimum Gasteiger partial charge on any atom is -0.481 e. The summed E-state index contributed by atoms with van der Waals surface area (Å²) in [5.74, 6) is -1.95. The van der Waals surface area contributed by atoms with Crippen molar-refractivity contribution in [2.75, 3.05) is 5.32 Å². The topological polar surface area (TPSA) is 66.4 Å². The Morgan fingerprint density at radius 3 is 2.65 bits per heavy atom. The Labute approximate surface area is 119 Å². The van der Waals surface area contributed by atoms with Gasteiger partial charge in [-0.05, 0) is 30.9 Å². The molecule has 20 heavy (non-hydrogen) atoms. The molecule has 0 unspecified atom stereocenters. The Morgan fingerprint density at radius 1 is 1.25 bits per heavy atom. The van der Waals surface area contributed by atoms with E-state index >= 15 is 0 Å². The van der Waals surface area contributed by atoms with Crippen molar-refractivity contribution < 1.29 is 14.7 Å². The van der Waals surface area contributed by atoms with Gasteiger partial charge in [-0.1, -0.05) is 38.0 Å². The van der Waals surface area contributed by atoms with Gasteiger partial charge in [-0.15, -0.1) is 0 Å². The highest BCUT2D eigenvalue weighted by Crippen LogP contribution is 2.33. The van der Waals surface area contributed by atoms with E-state index in [0.29, 0.717) is 12.8 Å². The van der Waals surface area contributed by atoms with Crippen LogP contribution in [0.5, 0.6) is 0 Å². The first kappa shape index (κ1) is 14.6. The minimum atomic E-state index is -0.857. The van der Waals surface area contributed by atoms with Crippen molar-refractivity contribution in [3.05, 3.63) is 29.8 Å². The van der Waals surface area contributed by atoms with Crippen molar-refractivity contribution in [1.82, 2.24) is 0 Å². The van der Waals surface area contributed by atoms with Gasteiger partial charge < -0.3 is 10.4 Å². The third kappa shape index (κ3) is 3.18. The van der Waals surface area contributed by atoms with Crippen LogP contribution in [-0.4, -0.2) is 17.0 Å². The molecule has 1 aliphatic carbocycles. The number of hydrogen-bond acceptors (Lipinski definition) is 2. The first-order valence-electron chi connectivity index (χ1n) is 7.25. The molecule has 1 saturated carbocycles. The van der Waals surface area contributed by atoms with E-state index in [1.54, 1.807) is 0 Å². The molecule has 0 aromatic heterocycles. The van der Waals surface area contributed by atoms with Gasteiger partial charge in [0.2, 0.25) is 5.91 Å². The second kappa shape index (κ2) is 6.55. The van der Waals surface area contributed by atoms with E-state index in [9.17, 15) is 9.59 Å². The number of benzene rings is 1. The molecule has 1 fully saturated rings. The predicted octanol–water partition coefficient (Wildman–Crippen LogP) is 3.08. The number of aryl methyl sites for hydroxylation is 1. The second-order valence-electron chi connectivity index (χ2n) is 5.38. The predicted molar refractivity (Wildman–Crippen MR) is 77.5 cm³/mol. The number of nitrogens with one attached hydrogen (secondary N) is 1. The number of carboxylic acid groups (broad SMARTS) is 1. The molecule has 2 N–H and O–H groups in total. The standard InChI is InChI=1S/C16H21NO3/c1-2-6-11-7-3-4-10-14(11)17-15(18)12-8-5-9-13(12)16(19)20/h3-4,7,10,12-13H,2,5-6,8-9H2,1H3,(H,17,18)(H,19,20)/t12-,13+/m1/s1. The van der Waals surface area contributed by atoms with Gasteiger partial charge in [0.15, 0.2) is 0 Å². The summed E-state index contributed by atoms with van der Waals surface area (Å²) in [5.41, 5.74) is 1.92. The van der Waals surface area contributed by atoms with Crippen molar-refractivity contribution >= 4 is 17.6 Å². The average Bonchev–Trinajstić information content (AvgIpc) is 2.91. The Morgan fingerprint density at radius 2 is 1.95 bits per heavy atom. The van der Waals surface area contributed by atoms with Gasteiger partial charge in [0.05, 0.1) is 11.8 Å². The summed E-state index contributed by atoms with van der Waals surface area (Å²) < 4.78 is 0. The number of para-hydroxylation sites is 1. The number of carbonyl (C=O) groups excluding carboxylic acids is 1. The Balaban J connectivity index is 2.10. The molecule has 2 rings (SSSR count). The van der Waals surface area contributed by atoms with Crippen LogP contribution in [0.25, 0.3) is 0 Å². The van der Waals surface area contributed by atoms with Crippen molar-refractivity contribution in [3.8, 4) is 0 Å². The van der Waals surface area contributed by atoms with E-state index in [0.717, 1.165) is 30.5 Å². The molecule has 1 amide bonds. The van der Waals surface area contributed by atoms with E-state index in [1.807, 2.05) is 24.3 Å². The Kier molecular flexibility index (Phi) is 4.77. The van der Waals surface area contributed by atoms with Gasteiger partial charge in [0.25, 0.3) is 0 Å². The number of hydrogen-bond donors (Lipinski definition) is 2. The Hall–Kier alpha value is -1.84. The summed E-state index contributed by atoms with van der Waals surface area (Å²) in [6.45, 7) is 2.09. The van der Waals surface area contributed by atoms with Crippen LogP contribution in [0.4, 0.5) is 5.69 Å². The summed E-state index contributed by atoms with van der Waals surface area (Å²) in [4.78, 5) is 23.5. The number of rotatable bonds is 5. The summed E-state index contributed by atoms with van der Waals surface area (Å²) in [6.07, 6.45) is 3.99. The minimum absolute atomic E-state index is 0.154. The highest BCUT2D eigenvalue weighted by Gasteiger charge is 2.37. The summed E-state index contributed by atoms with van der Waals surface area (Å²) in [7, 11) is 0. The van der Waals surface area contributed by atoms with Gasteiger partial charge >= 0.3 is 5.97 Å². The molecule has 1 aliphatic rings. The lowest BCUT2D eigenvalue weighted by molar-refractivity contribution is -0.145. The fraction of sp³-hybridized carbons (Fsp3) is 0.500. The highest BCUT2D eigenvalue weighted by atomic mass is 16.4. The molecule has 4 heteroatoms. The zero-order chi connectivity index (χ0) is 14.5. The van der Waals surface area contributed by atoms with E-state index in [1.165, 1.54) is 0 Å². The lowest BCUT2D eigenvalue weighted by Gasteiger charge is -2.17. The number of anilines is 1. The maximum absolute atomic E-state index is 12.3. The van der Waals surface area contributed by atoms with E-state index < -0.39 is 17.8 Å². The maximum Gasteiger partial charge on any atom is 0.307 e. The highest BCUT2D eigenvalue weighted by molar-refractivity contribution is 5.96. The van der Waals surface area contributed by atoms with Crippen LogP contribution in [0.15, 0.2) is 24.3 Å². The van der Waals surface area contributed by atoms with Crippen LogP contribution >= 0.6 is 0 Å². The van der Waals surface area contributed by atoms with Crippen molar-refractivity contribution in [1.29, 1.82) is 0 Å². The maximum atomic E-state index is 12.3. The fourth-order valence-corrected chi connectivity index (χ4v) is 2.92. The molecule has 0 heterocycles. The Bertz CT molecular complexity index is 498. The van der Waals surface area contributed by atoms with E-state index in [4.69, 9.17) is 5.11 Å². The monoisotopic (exact) mass is 275 g/mol. The molecular weight excluding hydrogens is 254 g/mol. The van der Waals surface area contributed by atoms with Crippen LogP contribution in [0, 0.1) is 11.8 Å². The number of aliphatic carboxylic acids is 1. The third-order valence-corrected chi connectivity index (χ3v) is 3.96. The first-order chi connectivity index (χ1) is 9.63. The van der Waals surface area contributed by atoms with Crippen LogP contribution < -0.4 is 5.32 Å².